The van der Waals surface area contributed by atoms with E-state index in [1.54, 1.807) is 12.1 Å². The van der Waals surface area contributed by atoms with Crippen LogP contribution in [0.4, 0.5) is 4.39 Å². The fourth-order valence-corrected chi connectivity index (χ4v) is 3.50. The maximum Gasteiger partial charge on any atom is 0.124 e. The minimum absolute atomic E-state index is 0.213. The smallest absolute Gasteiger partial charge is 0.124 e. The molecule has 4 rings (SSSR count). The number of rotatable bonds is 7. The molecule has 2 nitrogen and oxygen atoms in total. The van der Waals surface area contributed by atoms with Crippen LogP contribution in [0.25, 0.3) is 10.8 Å². The van der Waals surface area contributed by atoms with Crippen LogP contribution < -0.4 is 10.1 Å². The second kappa shape index (κ2) is 8.89. The first-order valence-electron chi connectivity index (χ1n) is 9.84. The zero-order valence-electron chi connectivity index (χ0n) is 16.5. The lowest BCUT2D eigenvalue weighted by Crippen LogP contribution is -2.14. The zero-order chi connectivity index (χ0) is 20.1. The molecule has 0 atom stereocenters. The molecule has 0 bridgehead atoms. The van der Waals surface area contributed by atoms with Gasteiger partial charge in [0.1, 0.15) is 18.2 Å². The largest absolute Gasteiger partial charge is 0.489 e. The van der Waals surface area contributed by atoms with Crippen molar-refractivity contribution in [3.63, 3.8) is 0 Å². The van der Waals surface area contributed by atoms with Crippen molar-refractivity contribution in [2.75, 3.05) is 0 Å². The Labute approximate surface area is 171 Å². The van der Waals surface area contributed by atoms with Crippen LogP contribution in [0.2, 0.25) is 0 Å². The summed E-state index contributed by atoms with van der Waals surface area (Å²) in [5.74, 6) is 0.674. The van der Waals surface area contributed by atoms with E-state index in [-0.39, 0.29) is 5.82 Å². The Kier molecular flexibility index (Phi) is 5.87. The summed E-state index contributed by atoms with van der Waals surface area (Å²) in [4.78, 5) is 0. The molecule has 4 aromatic carbocycles. The van der Waals surface area contributed by atoms with Gasteiger partial charge in [0.2, 0.25) is 0 Å². The van der Waals surface area contributed by atoms with Gasteiger partial charge in [-0.1, -0.05) is 66.7 Å². The van der Waals surface area contributed by atoms with Gasteiger partial charge in [-0.15, -0.1) is 0 Å². The van der Waals surface area contributed by atoms with Crippen LogP contribution >= 0.6 is 0 Å². The number of nitrogens with one attached hydrogen (secondary N) is 1. The summed E-state index contributed by atoms with van der Waals surface area (Å²) in [5.41, 5.74) is 4.60. The molecule has 0 fully saturated rings. The first-order valence-corrected chi connectivity index (χ1v) is 9.84. The highest BCUT2D eigenvalue weighted by atomic mass is 19.1. The van der Waals surface area contributed by atoms with Crippen LogP contribution in [0.1, 0.15) is 22.3 Å². The molecule has 0 heterocycles. The van der Waals surface area contributed by atoms with Crippen LogP contribution in [-0.4, -0.2) is 0 Å². The molecule has 0 saturated carbocycles. The molecule has 0 aromatic heterocycles. The highest BCUT2D eigenvalue weighted by Gasteiger charge is 2.10. The van der Waals surface area contributed by atoms with Crippen molar-refractivity contribution in [2.45, 2.75) is 26.6 Å². The maximum atomic E-state index is 13.1. The van der Waals surface area contributed by atoms with E-state index in [0.29, 0.717) is 19.7 Å². The van der Waals surface area contributed by atoms with Crippen molar-refractivity contribution in [2.24, 2.45) is 0 Å². The summed E-state index contributed by atoms with van der Waals surface area (Å²) in [7, 11) is 0. The van der Waals surface area contributed by atoms with E-state index >= 15 is 0 Å². The Bertz CT molecular complexity index is 1110. The quantitative estimate of drug-likeness (QED) is 0.412. The predicted molar refractivity (Wildman–Crippen MR) is 116 cm³/mol. The number of benzene rings is 4. The van der Waals surface area contributed by atoms with Crippen molar-refractivity contribution < 1.29 is 9.13 Å². The third kappa shape index (κ3) is 4.64. The normalized spacial score (nSPS) is 11.0. The standard InChI is InChI=1S/C26H24FNO/c1-19-6-2-3-8-22(19)18-29-26-15-12-21-7-4-5-9-24(21)25(26)17-28-16-20-10-13-23(27)14-11-20/h2-15,28H,16-18H2,1H3. The number of ether oxygens (including phenoxy) is 1. The molecule has 0 amide bonds. The average Bonchev–Trinajstić information content (AvgIpc) is 2.75. The van der Waals surface area contributed by atoms with E-state index in [1.807, 2.05) is 18.2 Å². The van der Waals surface area contributed by atoms with Gasteiger partial charge in [0.15, 0.2) is 0 Å². The predicted octanol–water partition coefficient (Wildman–Crippen LogP) is 6.16. The Balaban J connectivity index is 1.55. The van der Waals surface area contributed by atoms with Crippen molar-refractivity contribution in [3.8, 4) is 5.75 Å². The monoisotopic (exact) mass is 385 g/mol. The number of hydrogen-bond acceptors (Lipinski definition) is 2. The third-order valence-corrected chi connectivity index (χ3v) is 5.19. The molecule has 0 aliphatic rings. The summed E-state index contributed by atoms with van der Waals surface area (Å²) >= 11 is 0. The minimum atomic E-state index is -0.213. The lowest BCUT2D eigenvalue weighted by molar-refractivity contribution is 0.302. The molecule has 0 radical (unpaired) electrons. The van der Waals surface area contributed by atoms with E-state index in [4.69, 9.17) is 4.74 Å². The first kappa shape index (κ1) is 19.2. The van der Waals surface area contributed by atoms with Gasteiger partial charge in [-0.25, -0.2) is 4.39 Å². The highest BCUT2D eigenvalue weighted by Crippen LogP contribution is 2.29. The van der Waals surface area contributed by atoms with Crippen LogP contribution in [0.15, 0.2) is 84.9 Å². The Morgan fingerprint density at radius 1 is 0.793 bits per heavy atom. The number of fused-ring (bicyclic) bond motifs is 1. The summed E-state index contributed by atoms with van der Waals surface area (Å²) in [5, 5.41) is 5.85. The van der Waals surface area contributed by atoms with Gasteiger partial charge in [0, 0.05) is 18.7 Å². The minimum Gasteiger partial charge on any atom is -0.489 e. The number of aryl methyl sites for hydroxylation is 1. The lowest BCUT2D eigenvalue weighted by Gasteiger charge is -2.16. The first-order chi connectivity index (χ1) is 14.2. The van der Waals surface area contributed by atoms with Gasteiger partial charge in [-0.2, -0.15) is 0 Å². The van der Waals surface area contributed by atoms with E-state index in [0.717, 1.165) is 16.9 Å². The SMILES string of the molecule is Cc1ccccc1COc1ccc2ccccc2c1CNCc1ccc(F)cc1. The van der Waals surface area contributed by atoms with Gasteiger partial charge >= 0.3 is 0 Å². The van der Waals surface area contributed by atoms with E-state index in [1.165, 1.54) is 34.0 Å². The molecular weight excluding hydrogens is 361 g/mol. The lowest BCUT2D eigenvalue weighted by atomic mass is 10.0. The van der Waals surface area contributed by atoms with Gasteiger partial charge in [0.05, 0.1) is 0 Å². The highest BCUT2D eigenvalue weighted by molar-refractivity contribution is 5.87. The van der Waals surface area contributed by atoms with Gasteiger partial charge in [-0.05, 0) is 52.6 Å². The maximum absolute atomic E-state index is 13.1. The molecule has 0 spiro atoms. The summed E-state index contributed by atoms with van der Waals surface area (Å²) in [6.45, 7) is 3.97. The average molecular weight is 385 g/mol. The van der Waals surface area contributed by atoms with Crippen LogP contribution in [0, 0.1) is 12.7 Å². The third-order valence-electron chi connectivity index (χ3n) is 5.19. The second-order valence-corrected chi connectivity index (χ2v) is 7.21. The topological polar surface area (TPSA) is 21.3 Å². The Morgan fingerprint density at radius 3 is 2.38 bits per heavy atom. The molecule has 0 unspecified atom stereocenters. The van der Waals surface area contributed by atoms with Gasteiger partial charge in [0.25, 0.3) is 0 Å². The fraction of sp³-hybridized carbons (Fsp3) is 0.154. The van der Waals surface area contributed by atoms with Crippen molar-refractivity contribution >= 4 is 10.8 Å². The van der Waals surface area contributed by atoms with Crippen LogP contribution in [-0.2, 0) is 19.7 Å². The van der Waals surface area contributed by atoms with Crippen LogP contribution in [0.3, 0.4) is 0 Å². The summed E-state index contributed by atoms with van der Waals surface area (Å²) in [6, 6.07) is 27.4. The Hall–Kier alpha value is -3.17. The molecule has 146 valence electrons. The van der Waals surface area contributed by atoms with Crippen molar-refractivity contribution in [1.29, 1.82) is 0 Å². The molecule has 0 aliphatic heterocycles. The van der Waals surface area contributed by atoms with Gasteiger partial charge in [-0.3, -0.25) is 0 Å². The Morgan fingerprint density at radius 2 is 1.55 bits per heavy atom. The molecule has 3 heteroatoms. The van der Waals surface area contributed by atoms with Crippen LogP contribution in [0.5, 0.6) is 5.75 Å². The number of halogens is 1. The zero-order valence-corrected chi connectivity index (χ0v) is 16.5. The molecule has 0 aliphatic carbocycles. The summed E-state index contributed by atoms with van der Waals surface area (Å²) in [6.07, 6.45) is 0. The van der Waals surface area contributed by atoms with E-state index < -0.39 is 0 Å². The van der Waals surface area contributed by atoms with E-state index in [2.05, 4.69) is 54.7 Å². The van der Waals surface area contributed by atoms with Gasteiger partial charge < -0.3 is 10.1 Å². The summed E-state index contributed by atoms with van der Waals surface area (Å²) < 4.78 is 19.4. The second-order valence-electron chi connectivity index (χ2n) is 7.21. The van der Waals surface area contributed by atoms with Crippen molar-refractivity contribution in [1.82, 2.24) is 5.32 Å². The molecule has 1 N–H and O–H groups in total. The number of hydrogen-bond donors (Lipinski definition) is 1. The molecule has 4 aromatic rings. The van der Waals surface area contributed by atoms with E-state index in [9.17, 15) is 4.39 Å². The molecular formula is C26H24FNO. The molecule has 29 heavy (non-hydrogen) atoms. The van der Waals surface area contributed by atoms with Crippen molar-refractivity contribution in [3.05, 3.63) is 113 Å². The molecule has 0 saturated heterocycles. The fourth-order valence-electron chi connectivity index (χ4n) is 3.50.